The minimum absolute atomic E-state index is 0.0455. The first-order valence-electron chi connectivity index (χ1n) is 9.95. The highest BCUT2D eigenvalue weighted by Crippen LogP contribution is 2.22. The van der Waals surface area contributed by atoms with Crippen LogP contribution >= 0.6 is 0 Å². The first kappa shape index (κ1) is 21.5. The summed E-state index contributed by atoms with van der Waals surface area (Å²) in [6.45, 7) is 6.51. The molecule has 0 fully saturated rings. The van der Waals surface area contributed by atoms with Gasteiger partial charge in [0.1, 0.15) is 5.75 Å². The molecule has 0 unspecified atom stereocenters. The van der Waals surface area contributed by atoms with Gasteiger partial charge in [0.25, 0.3) is 0 Å². The molecular formula is C25H27NO4. The van der Waals surface area contributed by atoms with E-state index in [1.54, 1.807) is 43.5 Å². The normalized spacial score (nSPS) is 11.9. The van der Waals surface area contributed by atoms with Gasteiger partial charge in [-0.15, -0.1) is 0 Å². The molecule has 1 heterocycles. The predicted octanol–water partition coefficient (Wildman–Crippen LogP) is 4.81. The lowest BCUT2D eigenvalue weighted by Crippen LogP contribution is -2.16. The van der Waals surface area contributed by atoms with Crippen LogP contribution in [0, 0.1) is 13.8 Å². The number of aryl methyl sites for hydroxylation is 1. The van der Waals surface area contributed by atoms with E-state index in [-0.39, 0.29) is 24.2 Å². The Kier molecular flexibility index (Phi) is 6.85. The molecule has 0 saturated carbocycles. The molecule has 30 heavy (non-hydrogen) atoms. The number of Topliss-reactive ketones (excluding diaryl/α,β-unsaturated/α-hetero) is 1. The topological polar surface area (TPSA) is 57.5 Å². The van der Waals surface area contributed by atoms with E-state index in [4.69, 9.17) is 9.47 Å². The molecule has 156 valence electrons. The molecule has 0 radical (unpaired) electrons. The third-order valence-corrected chi connectivity index (χ3v) is 5.16. The first-order valence-corrected chi connectivity index (χ1v) is 9.95. The average molecular weight is 405 g/mol. The maximum absolute atomic E-state index is 12.7. The van der Waals surface area contributed by atoms with Crippen molar-refractivity contribution in [2.45, 2.75) is 26.8 Å². The zero-order valence-electron chi connectivity index (χ0n) is 17.8. The minimum atomic E-state index is -0.0802. The highest BCUT2D eigenvalue weighted by molar-refractivity contribution is 6.09. The van der Waals surface area contributed by atoms with Crippen LogP contribution in [0.3, 0.4) is 0 Å². The molecule has 2 aromatic carbocycles. The summed E-state index contributed by atoms with van der Waals surface area (Å²) in [6, 6.07) is 18.0. The molecule has 3 aromatic rings. The van der Waals surface area contributed by atoms with E-state index in [0.717, 1.165) is 11.4 Å². The molecule has 0 spiro atoms. The summed E-state index contributed by atoms with van der Waals surface area (Å²) in [7, 11) is 1.67. The fourth-order valence-electron chi connectivity index (χ4n) is 3.74. The molecule has 0 saturated heterocycles. The summed E-state index contributed by atoms with van der Waals surface area (Å²) in [6.07, 6.45) is 0. The lowest BCUT2D eigenvalue weighted by molar-refractivity contribution is 0.0919. The molecule has 5 nitrogen and oxygen atoms in total. The van der Waals surface area contributed by atoms with Crippen LogP contribution < -0.4 is 4.74 Å². The molecule has 0 amide bonds. The average Bonchev–Trinajstić information content (AvgIpc) is 3.06. The summed E-state index contributed by atoms with van der Waals surface area (Å²) in [5.74, 6) is 0.425. The second kappa shape index (κ2) is 9.55. The molecule has 0 aliphatic heterocycles. The summed E-state index contributed by atoms with van der Waals surface area (Å²) in [5, 5.41) is 0. The zero-order valence-corrected chi connectivity index (χ0v) is 17.8. The van der Waals surface area contributed by atoms with Crippen molar-refractivity contribution >= 4 is 11.6 Å². The summed E-state index contributed by atoms with van der Waals surface area (Å²) >= 11 is 0. The van der Waals surface area contributed by atoms with Gasteiger partial charge in [-0.25, -0.2) is 0 Å². The van der Waals surface area contributed by atoms with Gasteiger partial charge in [-0.2, -0.15) is 0 Å². The van der Waals surface area contributed by atoms with Crippen molar-refractivity contribution in [3.63, 3.8) is 0 Å². The van der Waals surface area contributed by atoms with E-state index in [0.29, 0.717) is 29.0 Å². The molecule has 1 aromatic heterocycles. The van der Waals surface area contributed by atoms with E-state index in [9.17, 15) is 9.59 Å². The number of aromatic nitrogens is 1. The standard InChI is InChI=1S/C25H27NO4/c1-17-14-23(19(3)26(17)18(2)15-29-4)24(27)16-30-22-12-10-21(11-13-22)25(28)20-8-6-5-7-9-20/h5-14,18H,15-16H2,1-4H3/t18-/m0/s1. The number of hydrogen-bond donors (Lipinski definition) is 0. The van der Waals surface area contributed by atoms with Crippen LogP contribution in [0.15, 0.2) is 60.7 Å². The summed E-state index contributed by atoms with van der Waals surface area (Å²) < 4.78 is 13.0. The van der Waals surface area contributed by atoms with Gasteiger partial charge in [0.05, 0.1) is 12.6 Å². The molecule has 0 aliphatic carbocycles. The second-order valence-corrected chi connectivity index (χ2v) is 7.39. The molecular weight excluding hydrogens is 378 g/mol. The van der Waals surface area contributed by atoms with E-state index in [2.05, 4.69) is 11.5 Å². The maximum Gasteiger partial charge on any atom is 0.202 e. The Hall–Kier alpha value is -3.18. The molecule has 0 bridgehead atoms. The molecule has 1 atom stereocenters. The largest absolute Gasteiger partial charge is 0.485 e. The van der Waals surface area contributed by atoms with Gasteiger partial charge in [0.15, 0.2) is 12.4 Å². The van der Waals surface area contributed by atoms with Gasteiger partial charge in [0.2, 0.25) is 5.78 Å². The number of carbonyl (C=O) groups is 2. The first-order chi connectivity index (χ1) is 14.4. The van der Waals surface area contributed by atoms with Crippen molar-refractivity contribution in [3.8, 4) is 5.75 Å². The lowest BCUT2D eigenvalue weighted by atomic mass is 10.0. The van der Waals surface area contributed by atoms with Crippen LogP contribution in [0.2, 0.25) is 0 Å². The Bertz CT molecular complexity index is 1020. The van der Waals surface area contributed by atoms with E-state index >= 15 is 0 Å². The van der Waals surface area contributed by atoms with Crippen molar-refractivity contribution < 1.29 is 19.1 Å². The number of carbonyl (C=O) groups excluding carboxylic acids is 2. The maximum atomic E-state index is 12.7. The number of rotatable bonds is 9. The smallest absolute Gasteiger partial charge is 0.202 e. The number of ketones is 2. The number of nitrogens with zero attached hydrogens (tertiary/aromatic N) is 1. The van der Waals surface area contributed by atoms with Crippen LogP contribution in [0.5, 0.6) is 5.75 Å². The predicted molar refractivity (Wildman–Crippen MR) is 117 cm³/mol. The van der Waals surface area contributed by atoms with Crippen LogP contribution in [-0.4, -0.2) is 36.5 Å². The van der Waals surface area contributed by atoms with Gasteiger partial charge in [-0.3, -0.25) is 9.59 Å². The van der Waals surface area contributed by atoms with Gasteiger partial charge in [-0.05, 0) is 51.1 Å². The third-order valence-electron chi connectivity index (χ3n) is 5.16. The fraction of sp³-hybridized carbons (Fsp3) is 0.280. The monoisotopic (exact) mass is 405 g/mol. The van der Waals surface area contributed by atoms with Crippen molar-refractivity contribution in [2.24, 2.45) is 0 Å². The number of hydrogen-bond acceptors (Lipinski definition) is 4. The highest BCUT2D eigenvalue weighted by atomic mass is 16.5. The van der Waals surface area contributed by atoms with Gasteiger partial charge in [-0.1, -0.05) is 30.3 Å². The molecule has 3 rings (SSSR count). The Morgan fingerprint density at radius 3 is 2.23 bits per heavy atom. The van der Waals surface area contributed by atoms with E-state index in [1.807, 2.05) is 38.1 Å². The Morgan fingerprint density at radius 2 is 1.60 bits per heavy atom. The minimum Gasteiger partial charge on any atom is -0.485 e. The van der Waals surface area contributed by atoms with Crippen molar-refractivity contribution in [3.05, 3.63) is 88.7 Å². The summed E-state index contributed by atoms with van der Waals surface area (Å²) in [4.78, 5) is 25.2. The third kappa shape index (κ3) is 4.69. The molecule has 0 N–H and O–H groups in total. The molecule has 5 heteroatoms. The summed E-state index contributed by atoms with van der Waals surface area (Å²) in [5.41, 5.74) is 3.81. The number of methoxy groups -OCH3 is 1. The SMILES string of the molecule is COC[C@H](C)n1c(C)cc(C(=O)COc2ccc(C(=O)c3ccccc3)cc2)c1C. The second-order valence-electron chi connectivity index (χ2n) is 7.39. The number of ether oxygens (including phenoxy) is 2. The molecule has 0 aliphatic rings. The number of benzene rings is 2. The lowest BCUT2D eigenvalue weighted by Gasteiger charge is -2.17. The highest BCUT2D eigenvalue weighted by Gasteiger charge is 2.19. The van der Waals surface area contributed by atoms with Gasteiger partial charge in [0, 0.05) is 35.2 Å². The van der Waals surface area contributed by atoms with Crippen molar-refractivity contribution in [1.29, 1.82) is 0 Å². The Labute approximate surface area is 177 Å². The van der Waals surface area contributed by atoms with E-state index < -0.39 is 0 Å². The van der Waals surface area contributed by atoms with Gasteiger partial charge >= 0.3 is 0 Å². The van der Waals surface area contributed by atoms with Crippen molar-refractivity contribution in [1.82, 2.24) is 4.57 Å². The Morgan fingerprint density at radius 1 is 0.967 bits per heavy atom. The van der Waals surface area contributed by atoms with Gasteiger partial charge < -0.3 is 14.0 Å². The van der Waals surface area contributed by atoms with Crippen LogP contribution in [0.1, 0.15) is 50.6 Å². The quantitative estimate of drug-likeness (QED) is 0.480. The van der Waals surface area contributed by atoms with Crippen LogP contribution in [0.4, 0.5) is 0 Å². The van der Waals surface area contributed by atoms with Crippen LogP contribution in [-0.2, 0) is 4.74 Å². The Balaban J connectivity index is 1.65. The zero-order chi connectivity index (χ0) is 21.7. The van der Waals surface area contributed by atoms with Crippen LogP contribution in [0.25, 0.3) is 0 Å². The van der Waals surface area contributed by atoms with Crippen molar-refractivity contribution in [2.75, 3.05) is 20.3 Å². The fourth-order valence-corrected chi connectivity index (χ4v) is 3.74. The van der Waals surface area contributed by atoms with E-state index in [1.165, 1.54) is 0 Å².